The average Bonchev–Trinajstić information content (AvgIpc) is 2.96. The van der Waals surface area contributed by atoms with Gasteiger partial charge in [-0.25, -0.2) is 4.98 Å². The Balaban J connectivity index is 1.43. The fraction of sp³-hybridized carbons (Fsp3) is 0.281. The largest absolute Gasteiger partial charge is 0.490 e. The first-order valence-electron chi connectivity index (χ1n) is 13.3. The van der Waals surface area contributed by atoms with Gasteiger partial charge in [0.15, 0.2) is 0 Å². The standard InChI is InChI=1S/C32H35N5O2/c1-21(33)25-8-6-10-27(18-25)26-9-5-7-24(17-26)20-37-31-19-29(11-12-30(31)35-22(2)32(37)38)39-28-13-15-36(16-14-28)23(3)34-4/h5-12,17-19,28H,1,13-16,20,33H2,2-4H3. The van der Waals surface area contributed by atoms with Crippen LogP contribution in [-0.4, -0.2) is 46.5 Å². The summed E-state index contributed by atoms with van der Waals surface area (Å²) < 4.78 is 8.18. The van der Waals surface area contributed by atoms with E-state index in [9.17, 15) is 4.79 Å². The van der Waals surface area contributed by atoms with E-state index in [1.54, 1.807) is 11.5 Å². The highest BCUT2D eigenvalue weighted by Gasteiger charge is 2.21. The number of likely N-dealkylation sites (tertiary alicyclic amines) is 1. The summed E-state index contributed by atoms with van der Waals surface area (Å²) in [4.78, 5) is 24.5. The number of aliphatic imine (C=N–C) groups is 1. The molecule has 5 rings (SSSR count). The molecule has 0 spiro atoms. The molecule has 0 unspecified atom stereocenters. The number of nitrogens with two attached hydrogens (primary N) is 1. The lowest BCUT2D eigenvalue weighted by Crippen LogP contribution is -2.40. The van der Waals surface area contributed by atoms with Crippen molar-refractivity contribution in [1.82, 2.24) is 14.5 Å². The molecule has 200 valence electrons. The number of rotatable bonds is 6. The van der Waals surface area contributed by atoms with E-state index in [-0.39, 0.29) is 11.7 Å². The average molecular weight is 522 g/mol. The van der Waals surface area contributed by atoms with Crippen molar-refractivity contribution >= 4 is 22.6 Å². The van der Waals surface area contributed by atoms with Crippen LogP contribution >= 0.6 is 0 Å². The molecule has 1 saturated heterocycles. The third-order valence-corrected chi connectivity index (χ3v) is 7.44. The number of ether oxygens (including phenoxy) is 1. The molecule has 0 bridgehead atoms. The maximum atomic E-state index is 13.3. The van der Waals surface area contributed by atoms with Crippen molar-refractivity contribution in [3.05, 3.63) is 100 Å². The quantitative estimate of drug-likeness (QED) is 0.277. The summed E-state index contributed by atoms with van der Waals surface area (Å²) in [5, 5.41) is 0. The Morgan fingerprint density at radius 2 is 1.79 bits per heavy atom. The van der Waals surface area contributed by atoms with E-state index >= 15 is 0 Å². The Kier molecular flexibility index (Phi) is 7.50. The van der Waals surface area contributed by atoms with E-state index in [2.05, 4.69) is 33.6 Å². The minimum absolute atomic E-state index is 0.103. The first kappa shape index (κ1) is 26.2. The predicted molar refractivity (Wildman–Crippen MR) is 159 cm³/mol. The van der Waals surface area contributed by atoms with Crippen molar-refractivity contribution in [1.29, 1.82) is 0 Å². The molecule has 7 nitrogen and oxygen atoms in total. The first-order valence-corrected chi connectivity index (χ1v) is 13.3. The van der Waals surface area contributed by atoms with Crippen molar-refractivity contribution in [3.63, 3.8) is 0 Å². The molecule has 1 fully saturated rings. The first-order chi connectivity index (χ1) is 18.8. The number of fused-ring (bicyclic) bond motifs is 1. The molecule has 4 aromatic rings. The van der Waals surface area contributed by atoms with Gasteiger partial charge in [0.05, 0.1) is 23.4 Å². The van der Waals surface area contributed by atoms with Crippen molar-refractivity contribution < 1.29 is 4.74 Å². The van der Waals surface area contributed by atoms with Gasteiger partial charge in [0, 0.05) is 44.7 Å². The molecule has 7 heteroatoms. The molecule has 0 aliphatic carbocycles. The molecule has 1 aliphatic rings. The van der Waals surface area contributed by atoms with Gasteiger partial charge in [-0.3, -0.25) is 9.79 Å². The van der Waals surface area contributed by atoms with Crippen LogP contribution in [0, 0.1) is 6.92 Å². The number of aromatic nitrogens is 2. The van der Waals surface area contributed by atoms with Gasteiger partial charge in [0.1, 0.15) is 17.5 Å². The van der Waals surface area contributed by atoms with Crippen molar-refractivity contribution in [2.75, 3.05) is 20.1 Å². The van der Waals surface area contributed by atoms with Crippen molar-refractivity contribution in [2.24, 2.45) is 10.7 Å². The summed E-state index contributed by atoms with van der Waals surface area (Å²) in [6.45, 7) is 9.93. The normalized spacial score (nSPS) is 14.5. The summed E-state index contributed by atoms with van der Waals surface area (Å²) in [6.07, 6.45) is 1.98. The Labute approximate surface area is 229 Å². The molecule has 3 aromatic carbocycles. The molecular weight excluding hydrogens is 486 g/mol. The summed E-state index contributed by atoms with van der Waals surface area (Å²) in [7, 11) is 1.83. The van der Waals surface area contributed by atoms with Crippen LogP contribution in [0.4, 0.5) is 0 Å². The Morgan fingerprint density at radius 1 is 1.08 bits per heavy atom. The lowest BCUT2D eigenvalue weighted by Gasteiger charge is -2.33. The van der Waals surface area contributed by atoms with Gasteiger partial charge in [-0.15, -0.1) is 0 Å². The SMILES string of the molecule is C=C(N)c1cccc(-c2cccc(Cn3c(=O)c(C)nc4ccc(OC5CCN(C(C)=NC)CC5)cc43)c2)c1. The lowest BCUT2D eigenvalue weighted by atomic mass is 10.0. The zero-order valence-corrected chi connectivity index (χ0v) is 22.9. The zero-order chi connectivity index (χ0) is 27.5. The monoisotopic (exact) mass is 521 g/mol. The highest BCUT2D eigenvalue weighted by Crippen LogP contribution is 2.26. The van der Waals surface area contributed by atoms with Crippen molar-refractivity contribution in [2.45, 2.75) is 39.3 Å². The highest BCUT2D eigenvalue weighted by molar-refractivity contribution is 5.79. The summed E-state index contributed by atoms with van der Waals surface area (Å²) >= 11 is 0. The predicted octanol–water partition coefficient (Wildman–Crippen LogP) is 5.24. The summed E-state index contributed by atoms with van der Waals surface area (Å²) in [5.41, 5.74) is 12.4. The van der Waals surface area contributed by atoms with E-state index in [1.807, 2.05) is 68.6 Å². The molecule has 1 aromatic heterocycles. The third-order valence-electron chi connectivity index (χ3n) is 7.44. The molecule has 0 radical (unpaired) electrons. The van der Waals surface area contributed by atoms with Crippen molar-refractivity contribution in [3.8, 4) is 16.9 Å². The smallest absolute Gasteiger partial charge is 0.272 e. The fourth-order valence-electron chi connectivity index (χ4n) is 5.14. The second kappa shape index (κ2) is 11.2. The fourth-order valence-corrected chi connectivity index (χ4v) is 5.14. The van der Waals surface area contributed by atoms with E-state index in [0.717, 1.165) is 70.8 Å². The van der Waals surface area contributed by atoms with Gasteiger partial charge in [-0.05, 0) is 60.4 Å². The summed E-state index contributed by atoms with van der Waals surface area (Å²) in [6, 6.07) is 22.1. The number of hydrogen-bond acceptors (Lipinski definition) is 5. The number of piperidine rings is 1. The topological polar surface area (TPSA) is 85.7 Å². The Hall–Kier alpha value is -4.39. The van der Waals surface area contributed by atoms with Crippen LogP contribution in [0.15, 0.2) is 83.1 Å². The molecule has 0 saturated carbocycles. The van der Waals surface area contributed by atoms with E-state index in [1.165, 1.54) is 0 Å². The van der Waals surface area contributed by atoms with Gasteiger partial charge in [0.25, 0.3) is 5.56 Å². The summed E-state index contributed by atoms with van der Waals surface area (Å²) in [5.74, 6) is 1.82. The van der Waals surface area contributed by atoms with Crippen LogP contribution in [0.1, 0.15) is 36.6 Å². The number of hydrogen-bond donors (Lipinski definition) is 1. The third kappa shape index (κ3) is 5.72. The highest BCUT2D eigenvalue weighted by atomic mass is 16.5. The van der Waals surface area contributed by atoms with Gasteiger partial charge in [-0.2, -0.15) is 0 Å². The minimum Gasteiger partial charge on any atom is -0.490 e. The van der Waals surface area contributed by atoms with Crippen LogP contribution in [0.3, 0.4) is 0 Å². The van der Waals surface area contributed by atoms with Crippen LogP contribution in [0.25, 0.3) is 27.9 Å². The molecule has 0 atom stereocenters. The lowest BCUT2D eigenvalue weighted by molar-refractivity contribution is 0.131. The number of amidine groups is 1. The molecule has 2 N–H and O–H groups in total. The van der Waals surface area contributed by atoms with Gasteiger partial charge in [-0.1, -0.05) is 43.0 Å². The zero-order valence-electron chi connectivity index (χ0n) is 22.9. The maximum absolute atomic E-state index is 13.3. The molecule has 0 amide bonds. The van der Waals surface area contributed by atoms with E-state index in [0.29, 0.717) is 17.9 Å². The molecule has 39 heavy (non-hydrogen) atoms. The van der Waals surface area contributed by atoms with Gasteiger partial charge < -0.3 is 19.9 Å². The number of aryl methyl sites for hydroxylation is 1. The van der Waals surface area contributed by atoms with Gasteiger partial charge >= 0.3 is 0 Å². The maximum Gasteiger partial charge on any atom is 0.272 e. The molecule has 1 aliphatic heterocycles. The van der Waals surface area contributed by atoms with E-state index in [4.69, 9.17) is 10.5 Å². The number of benzene rings is 3. The second-order valence-corrected chi connectivity index (χ2v) is 10.1. The Morgan fingerprint density at radius 3 is 2.51 bits per heavy atom. The minimum atomic E-state index is -0.103. The van der Waals surface area contributed by atoms with E-state index < -0.39 is 0 Å². The van der Waals surface area contributed by atoms with Crippen LogP contribution < -0.4 is 16.0 Å². The molecule has 2 heterocycles. The number of nitrogens with zero attached hydrogens (tertiary/aromatic N) is 4. The van der Waals surface area contributed by atoms with Gasteiger partial charge in [0.2, 0.25) is 0 Å². The molecular formula is C32H35N5O2. The second-order valence-electron chi connectivity index (χ2n) is 10.1. The van der Waals surface area contributed by atoms with Crippen LogP contribution in [-0.2, 0) is 6.54 Å². The Bertz CT molecular complexity index is 1610. The van der Waals surface area contributed by atoms with Crippen LogP contribution in [0.5, 0.6) is 5.75 Å². The van der Waals surface area contributed by atoms with Crippen LogP contribution in [0.2, 0.25) is 0 Å².